The molecule has 4 rings (SSSR count). The minimum Gasteiger partial charge on any atom is -0.354 e. The summed E-state index contributed by atoms with van der Waals surface area (Å²) in [6, 6.07) is 8.47. The van der Waals surface area contributed by atoms with Gasteiger partial charge in [0.1, 0.15) is 0 Å². The number of aromatic nitrogens is 1. The zero-order valence-electron chi connectivity index (χ0n) is 17.6. The van der Waals surface area contributed by atoms with Crippen molar-refractivity contribution in [2.24, 2.45) is 5.92 Å². The largest absolute Gasteiger partial charge is 0.354 e. The molecule has 1 saturated heterocycles. The third kappa shape index (κ3) is 4.83. The molecule has 29 heavy (non-hydrogen) atoms. The lowest BCUT2D eigenvalue weighted by molar-refractivity contribution is 0.194. The second kappa shape index (κ2) is 9.03. The Morgan fingerprint density at radius 1 is 1.14 bits per heavy atom. The van der Waals surface area contributed by atoms with E-state index in [0.717, 1.165) is 61.7 Å². The van der Waals surface area contributed by atoms with Crippen LogP contribution in [0.1, 0.15) is 32.1 Å². The summed E-state index contributed by atoms with van der Waals surface area (Å²) in [6.07, 6.45) is 5.93. The van der Waals surface area contributed by atoms with Gasteiger partial charge in [-0.3, -0.25) is 4.90 Å². The van der Waals surface area contributed by atoms with Crippen LogP contribution in [0.2, 0.25) is 0 Å². The number of rotatable bonds is 5. The van der Waals surface area contributed by atoms with Crippen molar-refractivity contribution >= 4 is 22.8 Å². The molecule has 158 valence electrons. The van der Waals surface area contributed by atoms with Crippen LogP contribution >= 0.6 is 0 Å². The van der Waals surface area contributed by atoms with E-state index in [1.54, 1.807) is 19.0 Å². The molecule has 1 saturated carbocycles. The number of carbonyl (C=O) groups excluding carboxylic acids is 1. The summed E-state index contributed by atoms with van der Waals surface area (Å²) in [7, 11) is 3.59. The first kappa shape index (κ1) is 20.0. The zero-order chi connectivity index (χ0) is 20.2. The van der Waals surface area contributed by atoms with Crippen molar-refractivity contribution in [1.29, 1.82) is 0 Å². The van der Waals surface area contributed by atoms with E-state index in [-0.39, 0.29) is 6.03 Å². The van der Waals surface area contributed by atoms with E-state index in [2.05, 4.69) is 26.3 Å². The Labute approximate surface area is 173 Å². The quantitative estimate of drug-likeness (QED) is 0.837. The van der Waals surface area contributed by atoms with Crippen molar-refractivity contribution in [3.63, 3.8) is 0 Å². The SMILES string of the molecule is CN(C)C(=O)N[C@H]1CC[C@H](CCN2CCN(c3noc4ccccc34)CC2)CC1. The molecule has 0 radical (unpaired) electrons. The second-order valence-corrected chi connectivity index (χ2v) is 8.68. The highest BCUT2D eigenvalue weighted by molar-refractivity contribution is 5.88. The molecule has 0 spiro atoms. The molecule has 2 amide bonds. The van der Waals surface area contributed by atoms with E-state index < -0.39 is 0 Å². The first-order valence-electron chi connectivity index (χ1n) is 10.9. The Kier molecular flexibility index (Phi) is 6.23. The lowest BCUT2D eigenvalue weighted by Crippen LogP contribution is -2.47. The maximum Gasteiger partial charge on any atom is 0.317 e. The lowest BCUT2D eigenvalue weighted by atomic mass is 9.84. The molecular weight excluding hydrogens is 366 g/mol. The van der Waals surface area contributed by atoms with Gasteiger partial charge in [-0.2, -0.15) is 0 Å². The summed E-state index contributed by atoms with van der Waals surface area (Å²) in [5, 5.41) is 8.54. The summed E-state index contributed by atoms with van der Waals surface area (Å²) in [6.45, 7) is 5.33. The van der Waals surface area contributed by atoms with Crippen molar-refractivity contribution in [2.45, 2.75) is 38.1 Å². The number of nitrogens with zero attached hydrogens (tertiary/aromatic N) is 4. The van der Waals surface area contributed by atoms with Crippen LogP contribution in [-0.2, 0) is 0 Å². The highest BCUT2D eigenvalue weighted by Gasteiger charge is 2.25. The molecule has 0 bridgehead atoms. The number of fused-ring (bicyclic) bond motifs is 1. The molecular formula is C22H33N5O2. The van der Waals surface area contributed by atoms with Crippen LogP contribution in [0.5, 0.6) is 0 Å². The van der Waals surface area contributed by atoms with Crippen LogP contribution in [0, 0.1) is 5.92 Å². The highest BCUT2D eigenvalue weighted by atomic mass is 16.5. The molecule has 2 heterocycles. The Morgan fingerprint density at radius 3 is 2.59 bits per heavy atom. The van der Waals surface area contributed by atoms with Crippen LogP contribution in [0.4, 0.5) is 10.6 Å². The predicted molar refractivity (Wildman–Crippen MR) is 115 cm³/mol. The molecule has 1 aromatic carbocycles. The van der Waals surface area contributed by atoms with Crippen LogP contribution in [-0.4, -0.2) is 73.8 Å². The van der Waals surface area contributed by atoms with Gasteiger partial charge >= 0.3 is 6.03 Å². The zero-order valence-corrected chi connectivity index (χ0v) is 17.6. The minimum absolute atomic E-state index is 0.0335. The van der Waals surface area contributed by atoms with Crippen molar-refractivity contribution in [3.05, 3.63) is 24.3 Å². The molecule has 1 aliphatic heterocycles. The number of piperazine rings is 1. The van der Waals surface area contributed by atoms with E-state index in [1.807, 2.05) is 18.2 Å². The van der Waals surface area contributed by atoms with E-state index >= 15 is 0 Å². The van der Waals surface area contributed by atoms with Gasteiger partial charge in [0, 0.05) is 46.3 Å². The maximum absolute atomic E-state index is 11.8. The fourth-order valence-corrected chi connectivity index (χ4v) is 4.55. The molecule has 2 aromatic rings. The van der Waals surface area contributed by atoms with E-state index in [0.29, 0.717) is 6.04 Å². The molecule has 1 N–H and O–H groups in total. The average molecular weight is 400 g/mol. The lowest BCUT2D eigenvalue weighted by Gasteiger charge is -2.36. The van der Waals surface area contributed by atoms with Crippen molar-refractivity contribution < 1.29 is 9.32 Å². The molecule has 0 unspecified atom stereocenters. The van der Waals surface area contributed by atoms with Gasteiger partial charge in [-0.05, 0) is 56.7 Å². The van der Waals surface area contributed by atoms with Crippen LogP contribution in [0.3, 0.4) is 0 Å². The van der Waals surface area contributed by atoms with Gasteiger partial charge in [0.05, 0.1) is 5.39 Å². The molecule has 2 fully saturated rings. The summed E-state index contributed by atoms with van der Waals surface area (Å²) >= 11 is 0. The Morgan fingerprint density at radius 2 is 1.86 bits per heavy atom. The van der Waals surface area contributed by atoms with E-state index in [4.69, 9.17) is 4.52 Å². The van der Waals surface area contributed by atoms with Gasteiger partial charge in [0.2, 0.25) is 0 Å². The number of hydrogen-bond acceptors (Lipinski definition) is 5. The predicted octanol–water partition coefficient (Wildman–Crippen LogP) is 3.17. The molecule has 7 heteroatoms. The number of anilines is 1. The molecule has 0 atom stereocenters. The van der Waals surface area contributed by atoms with Crippen LogP contribution in [0.15, 0.2) is 28.8 Å². The molecule has 1 aromatic heterocycles. The molecule has 7 nitrogen and oxygen atoms in total. The van der Waals surface area contributed by atoms with Gasteiger partial charge < -0.3 is 19.6 Å². The minimum atomic E-state index is 0.0335. The number of amides is 2. The first-order valence-corrected chi connectivity index (χ1v) is 10.9. The summed E-state index contributed by atoms with van der Waals surface area (Å²) in [5.41, 5.74) is 0.863. The number of benzene rings is 1. The number of nitrogens with one attached hydrogen (secondary N) is 1. The van der Waals surface area contributed by atoms with E-state index in [1.165, 1.54) is 25.8 Å². The summed E-state index contributed by atoms with van der Waals surface area (Å²) in [4.78, 5) is 18.4. The average Bonchev–Trinajstić information content (AvgIpc) is 3.18. The van der Waals surface area contributed by atoms with Gasteiger partial charge in [-0.25, -0.2) is 4.79 Å². The van der Waals surface area contributed by atoms with Crippen molar-refractivity contribution in [2.75, 3.05) is 51.7 Å². The fourth-order valence-electron chi connectivity index (χ4n) is 4.55. The number of carbonyl (C=O) groups is 1. The van der Waals surface area contributed by atoms with E-state index in [9.17, 15) is 4.79 Å². The highest BCUT2D eigenvalue weighted by Crippen LogP contribution is 2.29. The topological polar surface area (TPSA) is 64.9 Å². The van der Waals surface area contributed by atoms with Gasteiger partial charge in [0.25, 0.3) is 0 Å². The smallest absolute Gasteiger partial charge is 0.317 e. The Bertz CT molecular complexity index is 804. The third-order valence-corrected chi connectivity index (χ3v) is 6.46. The Balaban J connectivity index is 1.18. The van der Waals surface area contributed by atoms with Crippen LogP contribution in [0.25, 0.3) is 11.0 Å². The van der Waals surface area contributed by atoms with Gasteiger partial charge in [-0.15, -0.1) is 0 Å². The maximum atomic E-state index is 11.8. The first-order chi connectivity index (χ1) is 14.1. The number of para-hydroxylation sites is 1. The van der Waals surface area contributed by atoms with Crippen LogP contribution < -0.4 is 10.2 Å². The summed E-state index contributed by atoms with van der Waals surface area (Å²) < 4.78 is 5.47. The Hall–Kier alpha value is -2.28. The second-order valence-electron chi connectivity index (χ2n) is 8.68. The summed E-state index contributed by atoms with van der Waals surface area (Å²) in [5.74, 6) is 1.78. The van der Waals surface area contributed by atoms with Gasteiger partial charge in [0.15, 0.2) is 11.4 Å². The fraction of sp³-hybridized carbons (Fsp3) is 0.636. The monoisotopic (exact) mass is 399 g/mol. The number of hydrogen-bond donors (Lipinski definition) is 1. The standard InChI is InChI=1S/C22H33N5O2/c1-25(2)22(28)23-18-9-7-17(8-10-18)11-12-26-13-15-27(16-14-26)21-19-5-3-4-6-20(19)29-24-21/h3-6,17-18H,7-16H2,1-2H3,(H,23,28)/t17-,18-. The normalized spacial score (nSPS) is 23.3. The third-order valence-electron chi connectivity index (χ3n) is 6.46. The molecule has 1 aliphatic carbocycles. The van der Waals surface area contributed by atoms with Gasteiger partial charge in [-0.1, -0.05) is 17.3 Å². The van der Waals surface area contributed by atoms with Crippen molar-refractivity contribution in [1.82, 2.24) is 20.3 Å². The molecule has 2 aliphatic rings. The van der Waals surface area contributed by atoms with Crippen molar-refractivity contribution in [3.8, 4) is 0 Å². The number of urea groups is 1.